The van der Waals surface area contributed by atoms with Crippen LogP contribution in [0.15, 0.2) is 0 Å². The maximum absolute atomic E-state index is 3.78. The van der Waals surface area contributed by atoms with Gasteiger partial charge >= 0.3 is 0 Å². The predicted octanol–water partition coefficient (Wildman–Crippen LogP) is 1.93. The van der Waals surface area contributed by atoms with Gasteiger partial charge in [0, 0.05) is 0 Å². The summed E-state index contributed by atoms with van der Waals surface area (Å²) < 4.78 is 0. The van der Waals surface area contributed by atoms with Gasteiger partial charge in [0.05, 0.1) is 0 Å². The van der Waals surface area contributed by atoms with Crippen molar-refractivity contribution in [3.8, 4) is 0 Å². The lowest BCUT2D eigenvalue weighted by atomic mass is 10.0. The Morgan fingerprint density at radius 2 is 1.17 bits per heavy atom. The Labute approximate surface area is 40.6 Å². The summed E-state index contributed by atoms with van der Waals surface area (Å²) in [5, 5.41) is 0. The van der Waals surface area contributed by atoms with Crippen LogP contribution in [0.1, 0.15) is 13.8 Å². The van der Waals surface area contributed by atoms with Gasteiger partial charge in [0.25, 0.3) is 0 Å². The van der Waals surface area contributed by atoms with E-state index in [1.165, 1.54) is 0 Å². The van der Waals surface area contributed by atoms with Crippen molar-refractivity contribution in [3.63, 3.8) is 0 Å². The monoisotopic (exact) mass is 84.1 g/mol. The molecule has 0 heteroatoms. The molecule has 0 saturated carbocycles. The highest BCUT2D eigenvalue weighted by atomic mass is 14.0. The molecule has 0 heterocycles. The van der Waals surface area contributed by atoms with Crippen molar-refractivity contribution in [1.29, 1.82) is 0 Å². The quantitative estimate of drug-likeness (QED) is 0.455. The van der Waals surface area contributed by atoms with E-state index >= 15 is 0 Å². The molecule has 0 fully saturated rings. The van der Waals surface area contributed by atoms with E-state index in [0.717, 1.165) is 0 Å². The summed E-state index contributed by atoms with van der Waals surface area (Å²) in [7, 11) is 0. The van der Waals surface area contributed by atoms with Crippen LogP contribution in [0.4, 0.5) is 0 Å². The van der Waals surface area contributed by atoms with E-state index in [2.05, 4.69) is 27.7 Å². The van der Waals surface area contributed by atoms with Gasteiger partial charge in [-0.2, -0.15) is 0 Å². The molecular weight excluding hydrogens is 72.1 g/mol. The highest BCUT2D eigenvalue weighted by Gasteiger charge is 1.96. The molecule has 2 unspecified atom stereocenters. The minimum Gasteiger partial charge on any atom is -0.0623 e. The molecule has 0 aliphatic rings. The van der Waals surface area contributed by atoms with Gasteiger partial charge in [-0.25, -0.2) is 0 Å². The molecule has 0 amide bonds. The average molecular weight is 84.2 g/mol. The van der Waals surface area contributed by atoms with Crippen LogP contribution in [-0.2, 0) is 0 Å². The Bertz CT molecular complexity index is 21.0. The fourth-order valence-corrected chi connectivity index (χ4v) is 0. The first kappa shape index (κ1) is 6.00. The molecule has 36 valence electrons. The highest BCUT2D eigenvalue weighted by molar-refractivity contribution is 4.63. The largest absolute Gasteiger partial charge is 0.0623 e. The third-order valence-electron chi connectivity index (χ3n) is 0.971. The molecule has 0 aromatic rings. The predicted molar refractivity (Wildman–Crippen MR) is 29.0 cm³/mol. The third-order valence-corrected chi connectivity index (χ3v) is 0.971. The molecule has 0 N–H and O–H groups in total. The molecule has 6 heavy (non-hydrogen) atoms. The fraction of sp³-hybridized carbons (Fsp3) is 0.667. The van der Waals surface area contributed by atoms with E-state index in [4.69, 9.17) is 0 Å². The van der Waals surface area contributed by atoms with E-state index in [1.54, 1.807) is 0 Å². The van der Waals surface area contributed by atoms with Gasteiger partial charge in [-0.1, -0.05) is 27.7 Å². The second kappa shape index (κ2) is 2.22. The van der Waals surface area contributed by atoms with E-state index in [1.807, 2.05) is 0 Å². The maximum atomic E-state index is 3.78. The lowest BCUT2D eigenvalue weighted by molar-refractivity contribution is 0.551. The Balaban J connectivity index is 2.99. The van der Waals surface area contributed by atoms with Crippen LogP contribution in [-0.4, -0.2) is 0 Å². The van der Waals surface area contributed by atoms with E-state index in [0.29, 0.717) is 11.8 Å². The van der Waals surface area contributed by atoms with Crippen LogP contribution < -0.4 is 0 Å². The van der Waals surface area contributed by atoms with Gasteiger partial charge in [0.2, 0.25) is 0 Å². The van der Waals surface area contributed by atoms with Crippen molar-refractivity contribution < 1.29 is 0 Å². The molecule has 0 aliphatic heterocycles. The van der Waals surface area contributed by atoms with Gasteiger partial charge in [-0.05, 0) is 11.8 Å². The molecule has 0 spiro atoms. The second-order valence-corrected chi connectivity index (χ2v) is 1.95. The molecule has 0 aromatic carbocycles. The molecule has 2 atom stereocenters. The Hall–Kier alpha value is 0. The van der Waals surface area contributed by atoms with Crippen LogP contribution >= 0.6 is 0 Å². The minimum atomic E-state index is 0.491. The topological polar surface area (TPSA) is 0 Å². The van der Waals surface area contributed by atoms with Crippen molar-refractivity contribution in [2.45, 2.75) is 13.8 Å². The lowest BCUT2D eigenvalue weighted by Crippen LogP contribution is -1.96. The van der Waals surface area contributed by atoms with Crippen LogP contribution in [0.3, 0.4) is 0 Å². The number of hydrogen-bond donors (Lipinski definition) is 0. The first-order valence-corrected chi connectivity index (χ1v) is 2.30. The van der Waals surface area contributed by atoms with E-state index in [9.17, 15) is 0 Å². The molecule has 0 aliphatic carbocycles. The van der Waals surface area contributed by atoms with Crippen molar-refractivity contribution in [2.24, 2.45) is 11.8 Å². The third kappa shape index (κ3) is 2.25. The van der Waals surface area contributed by atoms with Crippen LogP contribution in [0.2, 0.25) is 0 Å². The summed E-state index contributed by atoms with van der Waals surface area (Å²) in [4.78, 5) is 0. The van der Waals surface area contributed by atoms with Crippen LogP contribution in [0, 0.1) is 25.7 Å². The Kier molecular flexibility index (Phi) is 2.22. The zero-order chi connectivity index (χ0) is 5.15. The summed E-state index contributed by atoms with van der Waals surface area (Å²) in [5.74, 6) is 0.981. The van der Waals surface area contributed by atoms with Gasteiger partial charge in [0.15, 0.2) is 0 Å². The van der Waals surface area contributed by atoms with E-state index < -0.39 is 0 Å². The fourth-order valence-electron chi connectivity index (χ4n) is 0. The summed E-state index contributed by atoms with van der Waals surface area (Å²) >= 11 is 0. The molecule has 0 nitrogen and oxygen atoms in total. The zero-order valence-electron chi connectivity index (χ0n) is 4.57. The summed E-state index contributed by atoms with van der Waals surface area (Å²) in [6.07, 6.45) is 0. The molecule has 0 aromatic heterocycles. The standard InChI is InChI=1S/C6H12/c1-5(2)6(3)4/h5-6H,1,3H2,2,4H3. The maximum Gasteiger partial charge on any atom is -0.0417 e. The average Bonchev–Trinajstić information content (AvgIpc) is 1.36. The van der Waals surface area contributed by atoms with Crippen molar-refractivity contribution in [3.05, 3.63) is 13.8 Å². The van der Waals surface area contributed by atoms with Gasteiger partial charge in [-0.3, -0.25) is 0 Å². The SMILES string of the molecule is [CH2]C(C)C([CH2])C. The van der Waals surface area contributed by atoms with Crippen molar-refractivity contribution in [1.82, 2.24) is 0 Å². The first-order chi connectivity index (χ1) is 2.64. The molecule has 0 rings (SSSR count). The van der Waals surface area contributed by atoms with E-state index in [-0.39, 0.29) is 0 Å². The highest BCUT2D eigenvalue weighted by Crippen LogP contribution is 2.04. The van der Waals surface area contributed by atoms with Gasteiger partial charge < -0.3 is 0 Å². The molecule has 2 radical (unpaired) electrons. The lowest BCUT2D eigenvalue weighted by Gasteiger charge is -2.05. The van der Waals surface area contributed by atoms with Crippen LogP contribution in [0.5, 0.6) is 0 Å². The van der Waals surface area contributed by atoms with Gasteiger partial charge in [-0.15, -0.1) is 0 Å². The van der Waals surface area contributed by atoms with Gasteiger partial charge in [0.1, 0.15) is 0 Å². The normalized spacial score (nSPS) is 11.0. The molecule has 0 saturated heterocycles. The summed E-state index contributed by atoms with van der Waals surface area (Å²) in [5.41, 5.74) is 0. The van der Waals surface area contributed by atoms with Crippen LogP contribution in [0.25, 0.3) is 0 Å². The Morgan fingerprint density at radius 3 is 1.17 bits per heavy atom. The molecule has 0 bridgehead atoms. The zero-order valence-corrected chi connectivity index (χ0v) is 4.57. The number of rotatable bonds is 1. The first-order valence-electron chi connectivity index (χ1n) is 2.30. The Morgan fingerprint density at radius 1 is 1.00 bits per heavy atom. The smallest absolute Gasteiger partial charge is 0.0417 e. The molecular formula is C6H12. The van der Waals surface area contributed by atoms with Crippen molar-refractivity contribution >= 4 is 0 Å². The second-order valence-electron chi connectivity index (χ2n) is 1.95. The van der Waals surface area contributed by atoms with Crippen molar-refractivity contribution in [2.75, 3.05) is 0 Å². The number of hydrogen-bond acceptors (Lipinski definition) is 0. The summed E-state index contributed by atoms with van der Waals surface area (Å²) in [6.45, 7) is 11.7. The minimum absolute atomic E-state index is 0.491. The summed E-state index contributed by atoms with van der Waals surface area (Å²) in [6, 6.07) is 0.